The van der Waals surface area contributed by atoms with Gasteiger partial charge in [-0.15, -0.1) is 0 Å². The van der Waals surface area contributed by atoms with Crippen LogP contribution in [0.2, 0.25) is 0 Å². The summed E-state index contributed by atoms with van der Waals surface area (Å²) in [7, 11) is -3.15. The van der Waals surface area contributed by atoms with Crippen LogP contribution in [-0.4, -0.2) is 25.3 Å². The van der Waals surface area contributed by atoms with Gasteiger partial charge in [-0.05, 0) is 24.6 Å². The molecule has 84 valence electrons. The van der Waals surface area contributed by atoms with E-state index in [0.29, 0.717) is 5.56 Å². The molecule has 0 aliphatic rings. The number of rotatable bonds is 4. The van der Waals surface area contributed by atoms with Crippen molar-refractivity contribution in [1.29, 1.82) is 0 Å². The van der Waals surface area contributed by atoms with E-state index < -0.39 is 9.84 Å². The second-order valence-corrected chi connectivity index (χ2v) is 5.81. The monoisotopic (exact) mass is 229 g/mol. The summed E-state index contributed by atoms with van der Waals surface area (Å²) in [5, 5.41) is 9.03. The molecule has 0 heterocycles. The smallest absolute Gasteiger partial charge is 0.155 e. The molecule has 0 spiro atoms. The standard InChI is InChI=1S/C10H15NO3S/c1-8(11)6-15(13,14)7-9-2-4-10(12)5-3-9/h2-5,8,12H,6-7,11H2,1H3. The van der Waals surface area contributed by atoms with E-state index in [-0.39, 0.29) is 23.3 Å². The molecule has 1 aromatic carbocycles. The van der Waals surface area contributed by atoms with E-state index in [2.05, 4.69) is 0 Å². The Labute approximate surface area is 89.7 Å². The zero-order valence-electron chi connectivity index (χ0n) is 8.55. The van der Waals surface area contributed by atoms with Crippen LogP contribution in [0.3, 0.4) is 0 Å². The summed E-state index contributed by atoms with van der Waals surface area (Å²) >= 11 is 0. The van der Waals surface area contributed by atoms with Crippen LogP contribution >= 0.6 is 0 Å². The molecule has 15 heavy (non-hydrogen) atoms. The molecule has 0 saturated heterocycles. The molecule has 0 bridgehead atoms. The van der Waals surface area contributed by atoms with Gasteiger partial charge in [0.05, 0.1) is 11.5 Å². The SMILES string of the molecule is CC(N)CS(=O)(=O)Cc1ccc(O)cc1. The van der Waals surface area contributed by atoms with Crippen molar-refractivity contribution in [1.82, 2.24) is 0 Å². The Kier molecular flexibility index (Phi) is 3.71. The van der Waals surface area contributed by atoms with Gasteiger partial charge in [0, 0.05) is 6.04 Å². The maximum atomic E-state index is 11.6. The molecular formula is C10H15NO3S. The van der Waals surface area contributed by atoms with E-state index in [1.165, 1.54) is 12.1 Å². The van der Waals surface area contributed by atoms with Gasteiger partial charge in [-0.25, -0.2) is 8.42 Å². The molecule has 5 heteroatoms. The zero-order valence-corrected chi connectivity index (χ0v) is 9.37. The van der Waals surface area contributed by atoms with Gasteiger partial charge in [0.1, 0.15) is 5.75 Å². The Hall–Kier alpha value is -1.07. The van der Waals surface area contributed by atoms with Gasteiger partial charge in [0.15, 0.2) is 9.84 Å². The summed E-state index contributed by atoms with van der Waals surface area (Å²) in [5.74, 6) is 0.0752. The number of benzene rings is 1. The molecule has 3 N–H and O–H groups in total. The van der Waals surface area contributed by atoms with Crippen molar-refractivity contribution in [3.63, 3.8) is 0 Å². The Morgan fingerprint density at radius 3 is 2.33 bits per heavy atom. The predicted molar refractivity (Wildman–Crippen MR) is 59.2 cm³/mol. The van der Waals surface area contributed by atoms with Crippen molar-refractivity contribution in [3.05, 3.63) is 29.8 Å². The van der Waals surface area contributed by atoms with Crippen molar-refractivity contribution in [2.45, 2.75) is 18.7 Å². The average molecular weight is 229 g/mol. The highest BCUT2D eigenvalue weighted by atomic mass is 32.2. The zero-order chi connectivity index (χ0) is 11.5. The fourth-order valence-corrected chi connectivity index (χ4v) is 2.92. The van der Waals surface area contributed by atoms with E-state index >= 15 is 0 Å². The van der Waals surface area contributed by atoms with Gasteiger partial charge in [0.25, 0.3) is 0 Å². The van der Waals surface area contributed by atoms with Crippen LogP contribution in [0.5, 0.6) is 5.75 Å². The van der Waals surface area contributed by atoms with Gasteiger partial charge in [-0.1, -0.05) is 12.1 Å². The largest absolute Gasteiger partial charge is 0.508 e. The van der Waals surface area contributed by atoms with E-state index in [4.69, 9.17) is 10.8 Å². The van der Waals surface area contributed by atoms with Crippen LogP contribution in [-0.2, 0) is 15.6 Å². The Morgan fingerprint density at radius 2 is 1.87 bits per heavy atom. The van der Waals surface area contributed by atoms with Gasteiger partial charge in [-0.2, -0.15) is 0 Å². The maximum Gasteiger partial charge on any atom is 0.155 e. The fourth-order valence-electron chi connectivity index (χ4n) is 1.31. The first kappa shape index (κ1) is 12.0. The molecule has 0 radical (unpaired) electrons. The highest BCUT2D eigenvalue weighted by molar-refractivity contribution is 7.90. The molecular weight excluding hydrogens is 214 g/mol. The van der Waals surface area contributed by atoms with Gasteiger partial charge in [0.2, 0.25) is 0 Å². The molecule has 0 aliphatic heterocycles. The molecule has 1 unspecified atom stereocenters. The van der Waals surface area contributed by atoms with Crippen LogP contribution in [0, 0.1) is 0 Å². The molecule has 1 atom stereocenters. The predicted octanol–water partition coefficient (Wildman–Crippen LogP) is 0.654. The third-order valence-electron chi connectivity index (χ3n) is 1.84. The first-order valence-corrected chi connectivity index (χ1v) is 6.45. The van der Waals surface area contributed by atoms with Crippen molar-refractivity contribution in [3.8, 4) is 5.75 Å². The van der Waals surface area contributed by atoms with Gasteiger partial charge in [-0.3, -0.25) is 0 Å². The Morgan fingerprint density at radius 1 is 1.33 bits per heavy atom. The van der Waals surface area contributed by atoms with Crippen LogP contribution in [0.1, 0.15) is 12.5 Å². The van der Waals surface area contributed by atoms with Crippen LogP contribution < -0.4 is 5.73 Å². The molecule has 1 aromatic rings. The first-order chi connectivity index (χ1) is 6.89. The average Bonchev–Trinajstić information content (AvgIpc) is 2.06. The first-order valence-electron chi connectivity index (χ1n) is 4.63. The summed E-state index contributed by atoms with van der Waals surface area (Å²) in [6, 6.07) is 5.77. The summed E-state index contributed by atoms with van der Waals surface area (Å²) in [6.07, 6.45) is 0. The number of nitrogens with two attached hydrogens (primary N) is 1. The lowest BCUT2D eigenvalue weighted by Gasteiger charge is -2.07. The van der Waals surface area contributed by atoms with Crippen molar-refractivity contribution >= 4 is 9.84 Å². The number of phenolic OH excluding ortho intramolecular Hbond substituents is 1. The fraction of sp³-hybridized carbons (Fsp3) is 0.400. The van der Waals surface area contributed by atoms with Crippen LogP contribution in [0.4, 0.5) is 0 Å². The number of hydrogen-bond donors (Lipinski definition) is 2. The minimum Gasteiger partial charge on any atom is -0.508 e. The summed E-state index contributed by atoms with van der Waals surface area (Å²) in [6.45, 7) is 1.66. The van der Waals surface area contributed by atoms with E-state index in [9.17, 15) is 8.42 Å². The van der Waals surface area contributed by atoms with Gasteiger partial charge < -0.3 is 10.8 Å². The lowest BCUT2D eigenvalue weighted by molar-refractivity contribution is 0.475. The number of phenols is 1. The summed E-state index contributed by atoms with van der Waals surface area (Å²) in [4.78, 5) is 0. The molecule has 0 saturated carbocycles. The summed E-state index contributed by atoms with van der Waals surface area (Å²) in [5.41, 5.74) is 6.10. The number of aromatic hydroxyl groups is 1. The quantitative estimate of drug-likeness (QED) is 0.794. The highest BCUT2D eigenvalue weighted by Crippen LogP contribution is 2.12. The van der Waals surface area contributed by atoms with Crippen molar-refractivity contribution in [2.24, 2.45) is 5.73 Å². The van der Waals surface area contributed by atoms with Crippen molar-refractivity contribution < 1.29 is 13.5 Å². The number of sulfone groups is 1. The van der Waals surface area contributed by atoms with Crippen LogP contribution in [0.15, 0.2) is 24.3 Å². The molecule has 4 nitrogen and oxygen atoms in total. The van der Waals surface area contributed by atoms with Crippen LogP contribution in [0.25, 0.3) is 0 Å². The highest BCUT2D eigenvalue weighted by Gasteiger charge is 2.14. The maximum absolute atomic E-state index is 11.6. The summed E-state index contributed by atoms with van der Waals surface area (Å²) < 4.78 is 23.1. The third-order valence-corrected chi connectivity index (χ3v) is 3.65. The molecule has 0 aliphatic carbocycles. The molecule has 0 fully saturated rings. The lowest BCUT2D eigenvalue weighted by atomic mass is 10.2. The topological polar surface area (TPSA) is 80.4 Å². The lowest BCUT2D eigenvalue weighted by Crippen LogP contribution is -2.26. The minimum atomic E-state index is -3.15. The number of hydrogen-bond acceptors (Lipinski definition) is 4. The Balaban J connectivity index is 2.73. The Bertz CT molecular complexity index is 409. The van der Waals surface area contributed by atoms with Gasteiger partial charge >= 0.3 is 0 Å². The molecule has 0 aromatic heterocycles. The van der Waals surface area contributed by atoms with E-state index in [1.807, 2.05) is 0 Å². The second kappa shape index (κ2) is 4.63. The van der Waals surface area contributed by atoms with E-state index in [0.717, 1.165) is 0 Å². The van der Waals surface area contributed by atoms with E-state index in [1.54, 1.807) is 19.1 Å². The van der Waals surface area contributed by atoms with Crippen molar-refractivity contribution in [2.75, 3.05) is 5.75 Å². The molecule has 1 rings (SSSR count). The second-order valence-electron chi connectivity index (χ2n) is 3.70. The third kappa shape index (κ3) is 4.31. The normalized spacial score (nSPS) is 13.7. The minimum absolute atomic E-state index is 0.0200. The molecule has 0 amide bonds.